The van der Waals surface area contributed by atoms with Gasteiger partial charge in [0.1, 0.15) is 0 Å². The molecule has 0 aliphatic rings. The van der Waals surface area contributed by atoms with Crippen LogP contribution in [0.4, 0.5) is 0 Å². The van der Waals surface area contributed by atoms with E-state index >= 15 is 0 Å². The van der Waals surface area contributed by atoms with Gasteiger partial charge in [0.05, 0.1) is 0 Å². The molecule has 19 heavy (non-hydrogen) atoms. The van der Waals surface area contributed by atoms with Crippen LogP contribution in [-0.4, -0.2) is 31.6 Å². The molecule has 0 saturated carbocycles. The minimum Gasteiger partial charge on any atom is -0.356 e. The lowest BCUT2D eigenvalue weighted by atomic mass is 9.85. The first-order valence-electron chi connectivity index (χ1n) is 7.62. The number of hydrogen-bond acceptors (Lipinski definition) is 3. The normalized spacial score (nSPS) is 13.3. The lowest BCUT2D eigenvalue weighted by Gasteiger charge is -2.27. The zero-order valence-corrected chi connectivity index (χ0v) is 13.3. The average Bonchev–Trinajstić information content (AvgIpc) is 2.34. The molecule has 0 radical (unpaired) electrons. The van der Waals surface area contributed by atoms with Gasteiger partial charge < -0.3 is 16.4 Å². The Morgan fingerprint density at radius 3 is 2.16 bits per heavy atom. The average molecular weight is 271 g/mol. The number of rotatable bonds is 10. The molecule has 4 nitrogen and oxygen atoms in total. The Morgan fingerprint density at radius 1 is 1.16 bits per heavy atom. The first kappa shape index (κ1) is 18.4. The van der Waals surface area contributed by atoms with E-state index in [4.69, 9.17) is 5.73 Å². The maximum Gasteiger partial charge on any atom is 0.221 e. The molecule has 0 saturated heterocycles. The van der Waals surface area contributed by atoms with Gasteiger partial charge in [-0.3, -0.25) is 4.79 Å². The van der Waals surface area contributed by atoms with Crippen LogP contribution >= 0.6 is 0 Å². The van der Waals surface area contributed by atoms with Gasteiger partial charge in [-0.15, -0.1) is 0 Å². The van der Waals surface area contributed by atoms with E-state index in [1.807, 2.05) is 0 Å². The minimum absolute atomic E-state index is 0.0804. The molecule has 1 amide bonds. The van der Waals surface area contributed by atoms with Gasteiger partial charge >= 0.3 is 0 Å². The van der Waals surface area contributed by atoms with E-state index in [0.717, 1.165) is 19.5 Å². The van der Waals surface area contributed by atoms with Gasteiger partial charge in [-0.05, 0) is 30.7 Å². The Balaban J connectivity index is 4.14. The SMILES string of the molecule is CCCNC(=O)CC(CN)NCC(C(C)C)C(C)C. The van der Waals surface area contributed by atoms with E-state index in [9.17, 15) is 4.79 Å². The lowest BCUT2D eigenvalue weighted by molar-refractivity contribution is -0.121. The second-order valence-corrected chi connectivity index (χ2v) is 6.05. The monoisotopic (exact) mass is 271 g/mol. The Kier molecular flexibility index (Phi) is 9.88. The zero-order chi connectivity index (χ0) is 14.8. The van der Waals surface area contributed by atoms with E-state index in [1.165, 1.54) is 0 Å². The summed E-state index contributed by atoms with van der Waals surface area (Å²) in [4.78, 5) is 11.7. The molecule has 0 aliphatic carbocycles. The highest BCUT2D eigenvalue weighted by atomic mass is 16.1. The van der Waals surface area contributed by atoms with Crippen molar-refractivity contribution >= 4 is 5.91 Å². The van der Waals surface area contributed by atoms with Crippen LogP contribution in [0.25, 0.3) is 0 Å². The smallest absolute Gasteiger partial charge is 0.221 e. The molecule has 4 heteroatoms. The molecule has 0 fully saturated rings. The number of nitrogens with one attached hydrogen (secondary N) is 2. The Labute approximate surface area is 118 Å². The molecule has 0 aromatic rings. The van der Waals surface area contributed by atoms with Crippen LogP contribution in [0.5, 0.6) is 0 Å². The second-order valence-electron chi connectivity index (χ2n) is 6.05. The Bertz CT molecular complexity index is 234. The molecule has 0 aromatic heterocycles. The van der Waals surface area contributed by atoms with E-state index in [2.05, 4.69) is 45.3 Å². The highest BCUT2D eigenvalue weighted by Crippen LogP contribution is 2.19. The Hall–Kier alpha value is -0.610. The van der Waals surface area contributed by atoms with E-state index in [-0.39, 0.29) is 11.9 Å². The topological polar surface area (TPSA) is 67.2 Å². The fraction of sp³-hybridized carbons (Fsp3) is 0.933. The molecular weight excluding hydrogens is 238 g/mol. The molecule has 1 atom stereocenters. The van der Waals surface area contributed by atoms with Crippen LogP contribution in [0.1, 0.15) is 47.5 Å². The van der Waals surface area contributed by atoms with Crippen molar-refractivity contribution in [3.05, 3.63) is 0 Å². The third kappa shape index (κ3) is 8.22. The summed E-state index contributed by atoms with van der Waals surface area (Å²) < 4.78 is 0. The van der Waals surface area contributed by atoms with E-state index < -0.39 is 0 Å². The van der Waals surface area contributed by atoms with Gasteiger partial charge in [0.25, 0.3) is 0 Å². The van der Waals surface area contributed by atoms with Crippen LogP contribution in [0, 0.1) is 17.8 Å². The predicted molar refractivity (Wildman–Crippen MR) is 81.9 cm³/mol. The van der Waals surface area contributed by atoms with Gasteiger partial charge in [0, 0.05) is 25.6 Å². The van der Waals surface area contributed by atoms with Crippen LogP contribution < -0.4 is 16.4 Å². The first-order chi connectivity index (χ1) is 8.92. The number of hydrogen-bond donors (Lipinski definition) is 3. The zero-order valence-electron chi connectivity index (χ0n) is 13.3. The molecular formula is C15H33N3O. The van der Waals surface area contributed by atoms with Crippen molar-refractivity contribution in [3.8, 4) is 0 Å². The molecule has 0 aromatic carbocycles. The van der Waals surface area contributed by atoms with E-state index in [0.29, 0.717) is 30.7 Å². The lowest BCUT2D eigenvalue weighted by Crippen LogP contribution is -2.44. The van der Waals surface area contributed by atoms with Crippen molar-refractivity contribution < 1.29 is 4.79 Å². The van der Waals surface area contributed by atoms with Crippen molar-refractivity contribution in [1.29, 1.82) is 0 Å². The minimum atomic E-state index is 0.0804. The molecule has 1 unspecified atom stereocenters. The predicted octanol–water partition coefficient (Wildman–Crippen LogP) is 1.75. The highest BCUT2D eigenvalue weighted by molar-refractivity contribution is 5.76. The van der Waals surface area contributed by atoms with E-state index in [1.54, 1.807) is 0 Å². The number of nitrogens with two attached hydrogens (primary N) is 1. The third-order valence-corrected chi connectivity index (χ3v) is 3.64. The first-order valence-corrected chi connectivity index (χ1v) is 7.62. The van der Waals surface area contributed by atoms with Crippen molar-refractivity contribution in [1.82, 2.24) is 10.6 Å². The maximum atomic E-state index is 11.7. The van der Waals surface area contributed by atoms with Gasteiger partial charge in [0.15, 0.2) is 0 Å². The molecule has 0 bridgehead atoms. The summed E-state index contributed by atoms with van der Waals surface area (Å²) in [5, 5.41) is 6.35. The number of amides is 1. The van der Waals surface area contributed by atoms with Crippen LogP contribution in [0.15, 0.2) is 0 Å². The van der Waals surface area contributed by atoms with Crippen LogP contribution in [0.2, 0.25) is 0 Å². The number of carbonyl (C=O) groups is 1. The maximum absolute atomic E-state index is 11.7. The van der Waals surface area contributed by atoms with Gasteiger partial charge in [-0.25, -0.2) is 0 Å². The quantitative estimate of drug-likeness (QED) is 0.567. The van der Waals surface area contributed by atoms with Gasteiger partial charge in [0.2, 0.25) is 5.91 Å². The summed E-state index contributed by atoms with van der Waals surface area (Å²) in [6.07, 6.45) is 1.44. The van der Waals surface area contributed by atoms with Crippen molar-refractivity contribution in [2.75, 3.05) is 19.6 Å². The van der Waals surface area contributed by atoms with Crippen molar-refractivity contribution in [2.24, 2.45) is 23.5 Å². The molecule has 0 rings (SSSR count). The summed E-state index contributed by atoms with van der Waals surface area (Å²) in [6, 6.07) is 0.0804. The number of carbonyl (C=O) groups excluding carboxylic acids is 1. The summed E-state index contributed by atoms with van der Waals surface area (Å²) >= 11 is 0. The van der Waals surface area contributed by atoms with Gasteiger partial charge in [-0.2, -0.15) is 0 Å². The van der Waals surface area contributed by atoms with Crippen LogP contribution in [-0.2, 0) is 4.79 Å². The molecule has 0 aliphatic heterocycles. The fourth-order valence-corrected chi connectivity index (χ4v) is 2.34. The largest absolute Gasteiger partial charge is 0.356 e. The van der Waals surface area contributed by atoms with Gasteiger partial charge in [-0.1, -0.05) is 34.6 Å². The highest BCUT2D eigenvalue weighted by Gasteiger charge is 2.19. The summed E-state index contributed by atoms with van der Waals surface area (Å²) in [6.45, 7) is 13.2. The van der Waals surface area contributed by atoms with Crippen LogP contribution in [0.3, 0.4) is 0 Å². The molecule has 4 N–H and O–H groups in total. The second kappa shape index (κ2) is 10.2. The molecule has 114 valence electrons. The molecule has 0 spiro atoms. The summed E-state index contributed by atoms with van der Waals surface area (Å²) in [5.41, 5.74) is 5.75. The standard InChI is InChI=1S/C15H33N3O/c1-6-7-17-15(19)8-13(9-16)18-10-14(11(2)3)12(4)5/h11-14,18H,6-10,16H2,1-5H3,(H,17,19). The Morgan fingerprint density at radius 2 is 1.74 bits per heavy atom. The summed E-state index contributed by atoms with van der Waals surface area (Å²) in [7, 11) is 0. The van der Waals surface area contributed by atoms with Crippen molar-refractivity contribution in [2.45, 2.75) is 53.5 Å². The summed E-state index contributed by atoms with van der Waals surface area (Å²) in [5.74, 6) is 1.99. The van der Waals surface area contributed by atoms with Crippen molar-refractivity contribution in [3.63, 3.8) is 0 Å². The molecule has 0 heterocycles. The third-order valence-electron chi connectivity index (χ3n) is 3.64. The fourth-order valence-electron chi connectivity index (χ4n) is 2.34.